The third-order valence-electron chi connectivity index (χ3n) is 0.612. The summed E-state index contributed by atoms with van der Waals surface area (Å²) in [6, 6.07) is 0. The molecule has 0 spiro atoms. The first-order valence-corrected chi connectivity index (χ1v) is 4.55. The number of aliphatic hydroxyl groups is 1. The van der Waals surface area contributed by atoms with E-state index in [4.69, 9.17) is 5.11 Å². The predicted molar refractivity (Wildman–Crippen MR) is 28.3 cm³/mol. The van der Waals surface area contributed by atoms with E-state index in [2.05, 4.69) is 0 Å². The van der Waals surface area contributed by atoms with Crippen LogP contribution in [0.15, 0.2) is 0 Å². The van der Waals surface area contributed by atoms with Crippen molar-refractivity contribution < 1.29 is 5.11 Å². The summed E-state index contributed by atoms with van der Waals surface area (Å²) in [5.41, 5.74) is 0. The SMILES string of the molecule is OCCC[CH2][SnH]. The molecule has 1 nitrogen and oxygen atoms in total. The summed E-state index contributed by atoms with van der Waals surface area (Å²) in [6.45, 7) is 0.376. The summed E-state index contributed by atoms with van der Waals surface area (Å²) in [4.78, 5) is 0. The standard InChI is InChI=1S/C4H9O.Sn.H/c1-2-3-4-5;;/h5H,1-4H2;;. The maximum atomic E-state index is 8.21. The van der Waals surface area contributed by atoms with Crippen LogP contribution in [0.5, 0.6) is 0 Å². The summed E-state index contributed by atoms with van der Waals surface area (Å²) in [5.74, 6) is 0. The summed E-state index contributed by atoms with van der Waals surface area (Å²) in [6.07, 6.45) is 2.22. The molecule has 0 unspecified atom stereocenters. The van der Waals surface area contributed by atoms with Gasteiger partial charge in [0, 0.05) is 0 Å². The minimum absolute atomic E-state index is 0.376. The molecule has 0 rings (SSSR count). The van der Waals surface area contributed by atoms with Crippen LogP contribution in [0.2, 0.25) is 4.44 Å². The molecule has 0 aliphatic rings. The van der Waals surface area contributed by atoms with E-state index >= 15 is 0 Å². The van der Waals surface area contributed by atoms with Gasteiger partial charge in [0.1, 0.15) is 0 Å². The monoisotopic (exact) mass is 194 g/mol. The van der Waals surface area contributed by atoms with Crippen molar-refractivity contribution >= 4 is 22.5 Å². The zero-order valence-electron chi connectivity index (χ0n) is 3.85. The van der Waals surface area contributed by atoms with Crippen LogP contribution in [-0.2, 0) is 0 Å². The zero-order valence-corrected chi connectivity index (χ0v) is 7.15. The zero-order chi connectivity index (χ0) is 4.83. The Kier molecular flexibility index (Phi) is 6.49. The Labute approximate surface area is 51.8 Å². The van der Waals surface area contributed by atoms with Crippen LogP contribution in [-0.4, -0.2) is 34.2 Å². The fourth-order valence-corrected chi connectivity index (χ4v) is 1.08. The van der Waals surface area contributed by atoms with E-state index in [9.17, 15) is 0 Å². The summed E-state index contributed by atoms with van der Waals surface area (Å²) < 4.78 is 1.32. The third-order valence-corrected chi connectivity index (χ3v) is 1.78. The molecule has 1 N–H and O–H groups in total. The van der Waals surface area contributed by atoms with Crippen molar-refractivity contribution in [1.29, 1.82) is 0 Å². The Morgan fingerprint density at radius 3 is 2.17 bits per heavy atom. The second kappa shape index (κ2) is 5.76. The van der Waals surface area contributed by atoms with Crippen molar-refractivity contribution in [3.05, 3.63) is 0 Å². The van der Waals surface area contributed by atoms with Gasteiger partial charge in [-0.1, -0.05) is 0 Å². The molecule has 0 aliphatic carbocycles. The predicted octanol–water partition coefficient (Wildman–Crippen LogP) is 0.0780. The maximum absolute atomic E-state index is 8.21. The number of unbranched alkanes of at least 4 members (excludes halogenated alkanes) is 1. The van der Waals surface area contributed by atoms with Crippen LogP contribution in [0.25, 0.3) is 0 Å². The van der Waals surface area contributed by atoms with Crippen LogP contribution in [0, 0.1) is 0 Å². The normalized spacial score (nSPS) is 9.00. The van der Waals surface area contributed by atoms with Crippen LogP contribution >= 0.6 is 0 Å². The second-order valence-corrected chi connectivity index (χ2v) is 2.87. The summed E-state index contributed by atoms with van der Waals surface area (Å²) in [5, 5.41) is 8.21. The quantitative estimate of drug-likeness (QED) is 0.496. The van der Waals surface area contributed by atoms with E-state index in [-0.39, 0.29) is 0 Å². The van der Waals surface area contributed by atoms with Crippen molar-refractivity contribution in [3.8, 4) is 0 Å². The van der Waals surface area contributed by atoms with E-state index in [1.807, 2.05) is 0 Å². The molecule has 36 valence electrons. The summed E-state index contributed by atoms with van der Waals surface area (Å²) in [7, 11) is 0. The minimum atomic E-state index is 0.376. The average molecular weight is 193 g/mol. The van der Waals surface area contributed by atoms with E-state index in [0.717, 1.165) is 6.42 Å². The Balaban J connectivity index is 2.34. The van der Waals surface area contributed by atoms with Crippen molar-refractivity contribution in [2.75, 3.05) is 6.61 Å². The Hall–Kier alpha value is 0.759. The average Bonchev–Trinajstić information content (AvgIpc) is 1.61. The van der Waals surface area contributed by atoms with Gasteiger partial charge in [0.15, 0.2) is 0 Å². The van der Waals surface area contributed by atoms with Gasteiger partial charge in [-0.2, -0.15) is 0 Å². The van der Waals surface area contributed by atoms with Gasteiger partial charge in [0.25, 0.3) is 0 Å². The Morgan fingerprint density at radius 1 is 1.33 bits per heavy atom. The van der Waals surface area contributed by atoms with Gasteiger partial charge < -0.3 is 0 Å². The van der Waals surface area contributed by atoms with Gasteiger partial charge in [-0.25, -0.2) is 0 Å². The van der Waals surface area contributed by atoms with Gasteiger partial charge in [-0.05, 0) is 0 Å². The Bertz CT molecular complexity index is 19.5. The molecule has 0 amide bonds. The van der Waals surface area contributed by atoms with Crippen molar-refractivity contribution in [1.82, 2.24) is 0 Å². The molecule has 0 bridgehead atoms. The van der Waals surface area contributed by atoms with Crippen LogP contribution in [0.1, 0.15) is 12.8 Å². The fourth-order valence-electron chi connectivity index (χ4n) is 0.256. The fraction of sp³-hybridized carbons (Fsp3) is 1.00. The molecule has 0 aromatic rings. The number of hydrogen-bond acceptors (Lipinski definition) is 1. The molecule has 0 aliphatic heterocycles. The molecule has 0 fully saturated rings. The molecule has 0 aromatic carbocycles. The summed E-state index contributed by atoms with van der Waals surface area (Å²) >= 11 is 1.35. The van der Waals surface area contributed by atoms with E-state index in [1.165, 1.54) is 33.4 Å². The van der Waals surface area contributed by atoms with E-state index in [0.29, 0.717) is 6.61 Å². The first kappa shape index (κ1) is 6.76. The molecule has 0 saturated carbocycles. The second-order valence-electron chi connectivity index (χ2n) is 1.22. The van der Waals surface area contributed by atoms with Crippen molar-refractivity contribution in [2.24, 2.45) is 0 Å². The van der Waals surface area contributed by atoms with Crippen LogP contribution in [0.4, 0.5) is 0 Å². The van der Waals surface area contributed by atoms with Gasteiger partial charge in [0.05, 0.1) is 0 Å². The van der Waals surface area contributed by atoms with Crippen LogP contribution < -0.4 is 0 Å². The molecular weight excluding hydrogens is 183 g/mol. The van der Waals surface area contributed by atoms with Gasteiger partial charge >= 0.3 is 51.5 Å². The molecule has 0 heterocycles. The van der Waals surface area contributed by atoms with Crippen molar-refractivity contribution in [2.45, 2.75) is 17.3 Å². The van der Waals surface area contributed by atoms with E-state index < -0.39 is 0 Å². The topological polar surface area (TPSA) is 20.2 Å². The molecule has 0 saturated heterocycles. The first-order chi connectivity index (χ1) is 2.91. The first-order valence-electron chi connectivity index (χ1n) is 2.22. The Morgan fingerprint density at radius 2 is 2.00 bits per heavy atom. The molecule has 0 aromatic heterocycles. The molecule has 0 atom stereocenters. The number of hydrogen-bond donors (Lipinski definition) is 1. The molecule has 2 heteroatoms. The molecule has 6 heavy (non-hydrogen) atoms. The molecular formula is C4H10OSn. The van der Waals surface area contributed by atoms with E-state index in [1.54, 1.807) is 0 Å². The van der Waals surface area contributed by atoms with Gasteiger partial charge in [-0.15, -0.1) is 0 Å². The molecule has 2 radical (unpaired) electrons. The van der Waals surface area contributed by atoms with Gasteiger partial charge in [0.2, 0.25) is 0 Å². The van der Waals surface area contributed by atoms with Crippen LogP contribution in [0.3, 0.4) is 0 Å². The number of rotatable bonds is 3. The number of aliphatic hydroxyl groups excluding tert-OH is 1. The van der Waals surface area contributed by atoms with Crippen molar-refractivity contribution in [3.63, 3.8) is 0 Å². The third kappa shape index (κ3) is 4.76. The van der Waals surface area contributed by atoms with Gasteiger partial charge in [-0.3, -0.25) is 0 Å².